The first kappa shape index (κ1) is 15.9. The van der Waals surface area contributed by atoms with Gasteiger partial charge in [-0.25, -0.2) is 4.98 Å². The summed E-state index contributed by atoms with van der Waals surface area (Å²) in [5, 5.41) is 2.17. The van der Waals surface area contributed by atoms with Crippen LogP contribution in [0.2, 0.25) is 10.0 Å². The van der Waals surface area contributed by atoms with Gasteiger partial charge in [-0.15, -0.1) is 0 Å². The van der Waals surface area contributed by atoms with E-state index in [1.807, 2.05) is 48.5 Å². The Kier molecular flexibility index (Phi) is 4.26. The predicted molar refractivity (Wildman–Crippen MR) is 102 cm³/mol. The van der Waals surface area contributed by atoms with E-state index in [0.29, 0.717) is 27.5 Å². The molecule has 0 bridgehead atoms. The summed E-state index contributed by atoms with van der Waals surface area (Å²) in [5.41, 5.74) is 1.68. The van der Waals surface area contributed by atoms with Crippen molar-refractivity contribution in [3.8, 4) is 23.0 Å². The molecule has 5 heteroatoms. The highest BCUT2D eigenvalue weighted by molar-refractivity contribution is 6.30. The van der Waals surface area contributed by atoms with Crippen LogP contribution in [0.3, 0.4) is 0 Å². The average molecular weight is 367 g/mol. The summed E-state index contributed by atoms with van der Waals surface area (Å²) in [6.45, 7) is 0. The first-order valence-corrected chi connectivity index (χ1v) is 8.41. The molecule has 122 valence electrons. The lowest BCUT2D eigenvalue weighted by atomic mass is 10.2. The second kappa shape index (κ2) is 6.71. The van der Waals surface area contributed by atoms with Crippen molar-refractivity contribution < 1.29 is 4.74 Å². The van der Waals surface area contributed by atoms with E-state index in [9.17, 15) is 0 Å². The molecule has 0 amide bonds. The third kappa shape index (κ3) is 3.43. The Balaban J connectivity index is 1.83. The molecule has 3 nitrogen and oxygen atoms in total. The first-order valence-electron chi connectivity index (χ1n) is 7.65. The SMILES string of the molecule is Clc1ccc(Oc2nc(-c3ccc(Cl)cc3)nc3ccccc23)cc1. The summed E-state index contributed by atoms with van der Waals surface area (Å²) in [5.74, 6) is 1.74. The molecule has 0 saturated heterocycles. The Hall–Kier alpha value is -2.62. The summed E-state index contributed by atoms with van der Waals surface area (Å²) in [4.78, 5) is 9.25. The quantitative estimate of drug-likeness (QED) is 0.420. The van der Waals surface area contributed by atoms with Crippen molar-refractivity contribution >= 4 is 34.1 Å². The lowest BCUT2D eigenvalue weighted by Gasteiger charge is -2.10. The highest BCUT2D eigenvalue weighted by Gasteiger charge is 2.11. The second-order valence-corrected chi connectivity index (χ2v) is 6.31. The Labute approximate surface area is 154 Å². The number of hydrogen-bond acceptors (Lipinski definition) is 3. The van der Waals surface area contributed by atoms with Gasteiger partial charge in [-0.2, -0.15) is 4.98 Å². The number of halogens is 2. The minimum atomic E-state index is 0.498. The van der Waals surface area contributed by atoms with Crippen LogP contribution in [-0.4, -0.2) is 9.97 Å². The third-order valence-electron chi connectivity index (χ3n) is 3.70. The van der Waals surface area contributed by atoms with Gasteiger partial charge < -0.3 is 4.74 Å². The molecule has 0 saturated carbocycles. The van der Waals surface area contributed by atoms with Gasteiger partial charge in [0.2, 0.25) is 5.88 Å². The van der Waals surface area contributed by atoms with E-state index in [1.165, 1.54) is 0 Å². The van der Waals surface area contributed by atoms with Crippen LogP contribution < -0.4 is 4.74 Å². The number of nitrogens with zero attached hydrogens (tertiary/aromatic N) is 2. The molecule has 4 aromatic rings. The van der Waals surface area contributed by atoms with E-state index in [4.69, 9.17) is 27.9 Å². The van der Waals surface area contributed by atoms with Crippen molar-refractivity contribution in [2.24, 2.45) is 0 Å². The molecular formula is C20H12Cl2N2O. The fourth-order valence-corrected chi connectivity index (χ4v) is 2.72. The molecule has 0 aliphatic carbocycles. The number of para-hydroxylation sites is 1. The van der Waals surface area contributed by atoms with Crippen LogP contribution in [0.5, 0.6) is 11.6 Å². The van der Waals surface area contributed by atoms with E-state index >= 15 is 0 Å². The molecule has 0 spiro atoms. The zero-order valence-electron chi connectivity index (χ0n) is 13.0. The van der Waals surface area contributed by atoms with Crippen molar-refractivity contribution in [2.75, 3.05) is 0 Å². The van der Waals surface area contributed by atoms with Gasteiger partial charge in [0.15, 0.2) is 5.82 Å². The van der Waals surface area contributed by atoms with Gasteiger partial charge in [0.1, 0.15) is 5.75 Å². The highest BCUT2D eigenvalue weighted by Crippen LogP contribution is 2.30. The zero-order valence-corrected chi connectivity index (χ0v) is 14.5. The van der Waals surface area contributed by atoms with E-state index in [1.54, 1.807) is 24.3 Å². The van der Waals surface area contributed by atoms with Gasteiger partial charge in [0.25, 0.3) is 0 Å². The van der Waals surface area contributed by atoms with Gasteiger partial charge in [-0.05, 0) is 60.7 Å². The molecule has 1 heterocycles. The van der Waals surface area contributed by atoms with Crippen LogP contribution in [0.25, 0.3) is 22.3 Å². The molecule has 0 aliphatic rings. The molecule has 0 unspecified atom stereocenters. The maximum Gasteiger partial charge on any atom is 0.230 e. The van der Waals surface area contributed by atoms with Crippen molar-refractivity contribution in [2.45, 2.75) is 0 Å². The smallest absolute Gasteiger partial charge is 0.230 e. The molecule has 0 atom stereocenters. The van der Waals surface area contributed by atoms with Crippen molar-refractivity contribution in [3.63, 3.8) is 0 Å². The normalized spacial score (nSPS) is 10.8. The van der Waals surface area contributed by atoms with E-state index in [2.05, 4.69) is 9.97 Å². The Morgan fingerprint density at radius 2 is 1.32 bits per heavy atom. The number of ether oxygens (including phenoxy) is 1. The minimum absolute atomic E-state index is 0.498. The van der Waals surface area contributed by atoms with Crippen LogP contribution >= 0.6 is 23.2 Å². The molecule has 4 rings (SSSR count). The van der Waals surface area contributed by atoms with Crippen LogP contribution in [-0.2, 0) is 0 Å². The summed E-state index contributed by atoms with van der Waals surface area (Å²) in [6.07, 6.45) is 0. The first-order chi connectivity index (χ1) is 12.2. The van der Waals surface area contributed by atoms with Crippen molar-refractivity contribution in [1.29, 1.82) is 0 Å². The van der Waals surface area contributed by atoms with Crippen molar-refractivity contribution in [3.05, 3.63) is 82.8 Å². The van der Waals surface area contributed by atoms with E-state index in [-0.39, 0.29) is 0 Å². The van der Waals surface area contributed by atoms with Gasteiger partial charge in [-0.1, -0.05) is 35.3 Å². The number of hydrogen-bond donors (Lipinski definition) is 0. The molecule has 0 aliphatic heterocycles. The van der Waals surface area contributed by atoms with Gasteiger partial charge in [0.05, 0.1) is 10.9 Å². The second-order valence-electron chi connectivity index (χ2n) is 5.43. The minimum Gasteiger partial charge on any atom is -0.438 e. The summed E-state index contributed by atoms with van der Waals surface area (Å²) >= 11 is 11.9. The molecular weight excluding hydrogens is 355 g/mol. The highest BCUT2D eigenvalue weighted by atomic mass is 35.5. The summed E-state index contributed by atoms with van der Waals surface area (Å²) in [6, 6.07) is 22.3. The van der Waals surface area contributed by atoms with Gasteiger partial charge in [-0.3, -0.25) is 0 Å². The van der Waals surface area contributed by atoms with E-state index in [0.717, 1.165) is 16.5 Å². The topological polar surface area (TPSA) is 35.0 Å². The Morgan fingerprint density at radius 1 is 0.680 bits per heavy atom. The molecule has 0 fully saturated rings. The molecule has 1 aromatic heterocycles. The molecule has 25 heavy (non-hydrogen) atoms. The lowest BCUT2D eigenvalue weighted by Crippen LogP contribution is -1.96. The maximum atomic E-state index is 6.00. The van der Waals surface area contributed by atoms with Gasteiger partial charge >= 0.3 is 0 Å². The van der Waals surface area contributed by atoms with Crippen LogP contribution in [0.4, 0.5) is 0 Å². The van der Waals surface area contributed by atoms with Crippen LogP contribution in [0, 0.1) is 0 Å². The monoisotopic (exact) mass is 366 g/mol. The zero-order chi connectivity index (χ0) is 17.2. The molecule has 0 radical (unpaired) electrons. The largest absolute Gasteiger partial charge is 0.438 e. The Morgan fingerprint density at radius 3 is 2.04 bits per heavy atom. The standard InChI is InChI=1S/C20H12Cl2N2O/c21-14-7-5-13(6-8-14)19-23-18-4-2-1-3-17(18)20(24-19)25-16-11-9-15(22)10-12-16/h1-12H. The fraction of sp³-hybridized carbons (Fsp3) is 0. The van der Waals surface area contributed by atoms with Crippen molar-refractivity contribution in [1.82, 2.24) is 9.97 Å². The lowest BCUT2D eigenvalue weighted by molar-refractivity contribution is 0.469. The van der Waals surface area contributed by atoms with Crippen LogP contribution in [0.1, 0.15) is 0 Å². The number of aromatic nitrogens is 2. The van der Waals surface area contributed by atoms with Crippen LogP contribution in [0.15, 0.2) is 72.8 Å². The molecule has 3 aromatic carbocycles. The van der Waals surface area contributed by atoms with E-state index < -0.39 is 0 Å². The third-order valence-corrected chi connectivity index (χ3v) is 4.20. The maximum absolute atomic E-state index is 6.00. The number of fused-ring (bicyclic) bond motifs is 1. The summed E-state index contributed by atoms with van der Waals surface area (Å²) < 4.78 is 6.00. The predicted octanol–water partition coefficient (Wildman–Crippen LogP) is 6.40. The number of benzene rings is 3. The Bertz CT molecular complexity index is 1030. The fourth-order valence-electron chi connectivity index (χ4n) is 2.47. The number of rotatable bonds is 3. The summed E-state index contributed by atoms with van der Waals surface area (Å²) in [7, 11) is 0. The van der Waals surface area contributed by atoms with Gasteiger partial charge in [0, 0.05) is 15.6 Å². The molecule has 0 N–H and O–H groups in total. The average Bonchev–Trinajstić information content (AvgIpc) is 2.64.